The summed E-state index contributed by atoms with van der Waals surface area (Å²) in [7, 11) is 0. The van der Waals surface area contributed by atoms with E-state index in [0.717, 1.165) is 48.8 Å². The van der Waals surface area contributed by atoms with Gasteiger partial charge in [-0.25, -0.2) is 0 Å². The lowest BCUT2D eigenvalue weighted by Crippen LogP contribution is -2.36. The predicted octanol–water partition coefficient (Wildman–Crippen LogP) is 2.57. The minimum absolute atomic E-state index is 0.142. The van der Waals surface area contributed by atoms with Gasteiger partial charge in [-0.15, -0.1) is 0 Å². The van der Waals surface area contributed by atoms with Gasteiger partial charge in [0.2, 0.25) is 5.91 Å². The number of amides is 1. The molecule has 1 atom stereocenters. The third kappa shape index (κ3) is 5.71. The van der Waals surface area contributed by atoms with Crippen LogP contribution < -0.4 is 15.8 Å². The van der Waals surface area contributed by atoms with Gasteiger partial charge in [0.25, 0.3) is 0 Å². The van der Waals surface area contributed by atoms with Crippen molar-refractivity contribution in [3.05, 3.63) is 23.8 Å². The molecule has 1 amide bonds. The third-order valence-corrected chi connectivity index (χ3v) is 4.52. The van der Waals surface area contributed by atoms with E-state index in [1.165, 1.54) is 0 Å². The van der Waals surface area contributed by atoms with E-state index >= 15 is 0 Å². The first-order valence-electron chi connectivity index (χ1n) is 8.00. The molecule has 0 saturated carbocycles. The molecule has 3 N–H and O–H groups in total. The normalized spacial score (nSPS) is 16.8. The molecule has 0 bridgehead atoms. The van der Waals surface area contributed by atoms with Crippen molar-refractivity contribution in [1.82, 2.24) is 0 Å². The fraction of sp³-hybridized carbons (Fsp3) is 0.588. The van der Waals surface area contributed by atoms with Crippen LogP contribution in [0.3, 0.4) is 0 Å². The maximum absolute atomic E-state index is 12.0. The Hall–Kier alpha value is -1.24. The quantitative estimate of drug-likeness (QED) is 0.799. The number of anilines is 1. The topological polar surface area (TPSA) is 73.6 Å². The maximum Gasteiger partial charge on any atom is 0.241 e. The van der Waals surface area contributed by atoms with E-state index in [9.17, 15) is 4.79 Å². The largest absolute Gasteiger partial charge is 0.490 e. The van der Waals surface area contributed by atoms with Gasteiger partial charge >= 0.3 is 0 Å². The predicted molar refractivity (Wildman–Crippen MR) is 95.3 cm³/mol. The second-order valence-corrected chi connectivity index (χ2v) is 6.77. The van der Waals surface area contributed by atoms with Crippen molar-refractivity contribution in [3.63, 3.8) is 0 Å². The summed E-state index contributed by atoms with van der Waals surface area (Å²) in [6.07, 6.45) is 4.73. The third-order valence-electron chi connectivity index (χ3n) is 3.87. The summed E-state index contributed by atoms with van der Waals surface area (Å²) < 4.78 is 11.4. The van der Waals surface area contributed by atoms with Crippen LogP contribution in [0, 0.1) is 6.92 Å². The van der Waals surface area contributed by atoms with Crippen LogP contribution >= 0.6 is 11.8 Å². The number of thioether (sulfide) groups is 1. The molecule has 128 valence electrons. The molecule has 0 aromatic heterocycles. The molecule has 1 fully saturated rings. The number of benzene rings is 1. The highest BCUT2D eigenvalue weighted by Gasteiger charge is 2.17. The Kier molecular flexibility index (Phi) is 7.20. The highest BCUT2D eigenvalue weighted by molar-refractivity contribution is 7.98. The summed E-state index contributed by atoms with van der Waals surface area (Å²) in [5.41, 5.74) is 7.64. The molecule has 0 radical (unpaired) electrons. The SMILES string of the molecule is CSCC[C@H](N)C(=O)Nc1ccc(OC2CCOCC2)c(C)c1. The van der Waals surface area contributed by atoms with Crippen LogP contribution in [0.15, 0.2) is 18.2 Å². The Morgan fingerprint density at radius 2 is 2.22 bits per heavy atom. The molecule has 1 aromatic carbocycles. The van der Waals surface area contributed by atoms with Crippen molar-refractivity contribution in [3.8, 4) is 5.75 Å². The van der Waals surface area contributed by atoms with Crippen LogP contribution in [-0.2, 0) is 9.53 Å². The number of nitrogens with two attached hydrogens (primary N) is 1. The molecule has 6 heteroatoms. The van der Waals surface area contributed by atoms with Gasteiger partial charge in [-0.1, -0.05) is 0 Å². The number of carbonyl (C=O) groups is 1. The number of ether oxygens (including phenoxy) is 2. The van der Waals surface area contributed by atoms with E-state index in [1.54, 1.807) is 11.8 Å². The fourth-order valence-corrected chi connectivity index (χ4v) is 2.93. The molecule has 0 spiro atoms. The lowest BCUT2D eigenvalue weighted by molar-refractivity contribution is -0.117. The Bertz CT molecular complexity index is 519. The van der Waals surface area contributed by atoms with Crippen LogP contribution in [-0.4, -0.2) is 43.3 Å². The van der Waals surface area contributed by atoms with Gasteiger partial charge in [0, 0.05) is 18.5 Å². The summed E-state index contributed by atoms with van der Waals surface area (Å²) in [4.78, 5) is 12.0. The minimum atomic E-state index is -0.471. The number of hydrogen-bond acceptors (Lipinski definition) is 5. The van der Waals surface area contributed by atoms with E-state index in [0.29, 0.717) is 6.42 Å². The van der Waals surface area contributed by atoms with Gasteiger partial charge in [0.1, 0.15) is 11.9 Å². The average Bonchev–Trinajstić information content (AvgIpc) is 2.56. The molecule has 23 heavy (non-hydrogen) atoms. The van der Waals surface area contributed by atoms with Crippen molar-refractivity contribution in [2.45, 2.75) is 38.3 Å². The summed E-state index contributed by atoms with van der Waals surface area (Å²) in [6.45, 7) is 3.50. The number of carbonyl (C=O) groups excluding carboxylic acids is 1. The van der Waals surface area contributed by atoms with Crippen LogP contribution in [0.2, 0.25) is 0 Å². The van der Waals surface area contributed by atoms with E-state index in [4.69, 9.17) is 15.2 Å². The number of hydrogen-bond donors (Lipinski definition) is 2. The summed E-state index contributed by atoms with van der Waals surface area (Å²) >= 11 is 1.69. The van der Waals surface area contributed by atoms with Crippen molar-refractivity contribution in [2.75, 3.05) is 30.5 Å². The average molecular weight is 338 g/mol. The molecule has 0 unspecified atom stereocenters. The number of nitrogens with one attached hydrogen (secondary N) is 1. The van der Waals surface area contributed by atoms with Crippen LogP contribution in [0.25, 0.3) is 0 Å². The lowest BCUT2D eigenvalue weighted by atomic mass is 10.1. The zero-order valence-corrected chi connectivity index (χ0v) is 14.7. The van der Waals surface area contributed by atoms with Gasteiger partial charge in [-0.05, 0) is 49.1 Å². The van der Waals surface area contributed by atoms with E-state index in [-0.39, 0.29) is 12.0 Å². The Morgan fingerprint density at radius 1 is 1.48 bits per heavy atom. The second-order valence-electron chi connectivity index (χ2n) is 5.79. The summed E-state index contributed by atoms with van der Waals surface area (Å²) in [5, 5.41) is 2.87. The number of rotatable bonds is 7. The monoisotopic (exact) mass is 338 g/mol. The van der Waals surface area contributed by atoms with E-state index in [1.807, 2.05) is 31.4 Å². The zero-order valence-electron chi connectivity index (χ0n) is 13.8. The zero-order chi connectivity index (χ0) is 16.7. The highest BCUT2D eigenvalue weighted by Crippen LogP contribution is 2.25. The van der Waals surface area contributed by atoms with Gasteiger partial charge in [0.05, 0.1) is 19.3 Å². The molecule has 1 aliphatic heterocycles. The van der Waals surface area contributed by atoms with Crippen molar-refractivity contribution < 1.29 is 14.3 Å². The van der Waals surface area contributed by atoms with Gasteiger partial charge in [-0.2, -0.15) is 11.8 Å². The molecule has 0 aliphatic carbocycles. The maximum atomic E-state index is 12.0. The molecule has 1 aliphatic rings. The standard InChI is InChI=1S/C17H26N2O3S/c1-12-11-13(19-17(20)15(18)7-10-23-2)3-4-16(12)22-14-5-8-21-9-6-14/h3-4,11,14-15H,5-10,18H2,1-2H3,(H,19,20)/t15-/m0/s1. The highest BCUT2D eigenvalue weighted by atomic mass is 32.2. The van der Waals surface area contributed by atoms with Gasteiger partial charge in [-0.3, -0.25) is 4.79 Å². The van der Waals surface area contributed by atoms with Crippen LogP contribution in [0.5, 0.6) is 5.75 Å². The first kappa shape index (κ1) is 18.1. The van der Waals surface area contributed by atoms with Gasteiger partial charge in [0.15, 0.2) is 0 Å². The Labute approximate surface area is 142 Å². The van der Waals surface area contributed by atoms with Crippen LogP contribution in [0.4, 0.5) is 5.69 Å². The van der Waals surface area contributed by atoms with Crippen molar-refractivity contribution in [2.24, 2.45) is 5.73 Å². The fourth-order valence-electron chi connectivity index (χ4n) is 2.44. The molecule has 1 saturated heterocycles. The minimum Gasteiger partial charge on any atom is -0.490 e. The van der Waals surface area contributed by atoms with E-state index < -0.39 is 6.04 Å². The summed E-state index contributed by atoms with van der Waals surface area (Å²) in [5.74, 6) is 1.60. The molecule has 2 rings (SSSR count). The summed E-state index contributed by atoms with van der Waals surface area (Å²) in [6, 6.07) is 5.23. The van der Waals surface area contributed by atoms with Crippen molar-refractivity contribution >= 4 is 23.4 Å². The first-order chi connectivity index (χ1) is 11.1. The number of aryl methyl sites for hydroxylation is 1. The first-order valence-corrected chi connectivity index (χ1v) is 9.40. The molecule has 5 nitrogen and oxygen atoms in total. The lowest BCUT2D eigenvalue weighted by Gasteiger charge is -2.24. The Morgan fingerprint density at radius 3 is 2.87 bits per heavy atom. The molecule has 1 heterocycles. The molecular weight excluding hydrogens is 312 g/mol. The molecular formula is C17H26N2O3S. The van der Waals surface area contributed by atoms with Crippen LogP contribution in [0.1, 0.15) is 24.8 Å². The Balaban J connectivity index is 1.91. The smallest absolute Gasteiger partial charge is 0.241 e. The van der Waals surface area contributed by atoms with Crippen molar-refractivity contribution in [1.29, 1.82) is 0 Å². The van der Waals surface area contributed by atoms with Gasteiger partial charge < -0.3 is 20.5 Å². The second kappa shape index (κ2) is 9.15. The van der Waals surface area contributed by atoms with E-state index in [2.05, 4.69) is 5.32 Å². The molecule has 1 aromatic rings.